The van der Waals surface area contributed by atoms with Crippen molar-refractivity contribution >= 4 is 0 Å². The second-order valence-electron chi connectivity index (χ2n) is 3.45. The van der Waals surface area contributed by atoms with E-state index in [1.807, 2.05) is 4.90 Å². The maximum absolute atomic E-state index is 12.3. The molecule has 0 N–H and O–H groups in total. The molecular weight excluding hydrogens is 129 g/mol. The molecule has 2 saturated heterocycles. The molecule has 0 spiro atoms. The van der Waals surface area contributed by atoms with Gasteiger partial charge >= 0.3 is 0 Å². The van der Waals surface area contributed by atoms with Crippen molar-refractivity contribution < 1.29 is 4.39 Å². The monoisotopic (exact) mass is 143 g/mol. The molecule has 0 unspecified atom stereocenters. The Hall–Kier alpha value is -0.110. The third-order valence-corrected chi connectivity index (χ3v) is 2.98. The molecule has 1 nitrogen and oxygen atoms in total. The van der Waals surface area contributed by atoms with Crippen molar-refractivity contribution in [1.82, 2.24) is 4.90 Å². The highest BCUT2D eigenvalue weighted by Gasteiger charge is 2.35. The molecule has 2 rings (SSSR count). The molecule has 0 aromatic carbocycles. The molecule has 2 heteroatoms. The zero-order chi connectivity index (χ0) is 6.97. The molecular formula is C8H14FN. The summed E-state index contributed by atoms with van der Waals surface area (Å²) in [6, 6.07) is 1.20. The van der Waals surface area contributed by atoms with Crippen LogP contribution in [-0.2, 0) is 0 Å². The summed E-state index contributed by atoms with van der Waals surface area (Å²) in [4.78, 5) is 2.05. The van der Waals surface area contributed by atoms with Gasteiger partial charge in [-0.15, -0.1) is 0 Å². The first-order valence-corrected chi connectivity index (χ1v) is 4.23. The van der Waals surface area contributed by atoms with Crippen LogP contribution < -0.4 is 0 Å². The minimum Gasteiger partial charge on any atom is -0.271 e. The van der Waals surface area contributed by atoms with Gasteiger partial charge in [-0.1, -0.05) is 6.42 Å². The molecule has 2 fully saturated rings. The van der Waals surface area contributed by atoms with Crippen LogP contribution in [0.25, 0.3) is 0 Å². The Morgan fingerprint density at radius 2 is 1.70 bits per heavy atom. The van der Waals surface area contributed by atoms with Crippen LogP contribution in [0.5, 0.6) is 0 Å². The lowest BCUT2D eigenvalue weighted by Gasteiger charge is -2.31. The van der Waals surface area contributed by atoms with Gasteiger partial charge in [0.05, 0.1) is 0 Å². The lowest BCUT2D eigenvalue weighted by molar-refractivity contribution is 0.0873. The lowest BCUT2D eigenvalue weighted by Crippen LogP contribution is -2.38. The second kappa shape index (κ2) is 2.50. The third kappa shape index (κ3) is 0.858. The lowest BCUT2D eigenvalue weighted by atomic mass is 10.0. The summed E-state index contributed by atoms with van der Waals surface area (Å²) in [5.74, 6) is 0. The molecule has 0 saturated carbocycles. The number of rotatable bonds is 1. The van der Waals surface area contributed by atoms with E-state index in [0.29, 0.717) is 12.1 Å². The topological polar surface area (TPSA) is 3.24 Å². The highest BCUT2D eigenvalue weighted by atomic mass is 19.1. The second-order valence-corrected chi connectivity index (χ2v) is 3.45. The first-order valence-electron chi connectivity index (χ1n) is 4.23. The van der Waals surface area contributed by atoms with E-state index in [2.05, 4.69) is 0 Å². The number of halogens is 1. The fraction of sp³-hybridized carbons (Fsp3) is 1.00. The summed E-state index contributed by atoms with van der Waals surface area (Å²) in [7, 11) is 0. The van der Waals surface area contributed by atoms with Crippen LogP contribution in [-0.4, -0.2) is 23.8 Å². The van der Waals surface area contributed by atoms with Crippen LogP contribution in [0.1, 0.15) is 32.1 Å². The Morgan fingerprint density at radius 1 is 1.10 bits per heavy atom. The molecule has 0 aliphatic carbocycles. The smallest absolute Gasteiger partial charge is 0.143 e. The quantitative estimate of drug-likeness (QED) is 0.507. The molecule has 2 heterocycles. The largest absolute Gasteiger partial charge is 0.271 e. The SMILES string of the molecule is FCN1[C@@H]2CCC[C@H]1CC2. The summed E-state index contributed by atoms with van der Waals surface area (Å²) < 4.78 is 12.3. The summed E-state index contributed by atoms with van der Waals surface area (Å²) >= 11 is 0. The van der Waals surface area contributed by atoms with Crippen molar-refractivity contribution in [3.05, 3.63) is 0 Å². The highest BCUT2D eigenvalue weighted by Crippen LogP contribution is 2.34. The summed E-state index contributed by atoms with van der Waals surface area (Å²) in [5, 5.41) is 0. The van der Waals surface area contributed by atoms with Gasteiger partial charge in [0.2, 0.25) is 0 Å². The Kier molecular flexibility index (Phi) is 1.65. The molecule has 0 aromatic heterocycles. The minimum absolute atomic E-state index is 0.213. The standard InChI is InChI=1S/C8H14FN/c9-6-10-7-2-1-3-8(10)5-4-7/h7-8H,1-6H2/t7-,8+. The fourth-order valence-corrected chi connectivity index (χ4v) is 2.42. The van der Waals surface area contributed by atoms with Gasteiger partial charge < -0.3 is 0 Å². The molecule has 58 valence electrons. The van der Waals surface area contributed by atoms with Crippen molar-refractivity contribution in [2.24, 2.45) is 0 Å². The Morgan fingerprint density at radius 3 is 2.10 bits per heavy atom. The van der Waals surface area contributed by atoms with Crippen LogP contribution in [0.4, 0.5) is 4.39 Å². The van der Waals surface area contributed by atoms with Gasteiger partial charge in [0.25, 0.3) is 0 Å². The predicted molar refractivity (Wildman–Crippen MR) is 38.5 cm³/mol. The minimum atomic E-state index is -0.213. The maximum atomic E-state index is 12.3. The Balaban J connectivity index is 2.06. The van der Waals surface area contributed by atoms with Crippen LogP contribution in [0.15, 0.2) is 0 Å². The summed E-state index contributed by atoms with van der Waals surface area (Å²) in [6.45, 7) is -0.213. The van der Waals surface area contributed by atoms with Crippen LogP contribution in [0.3, 0.4) is 0 Å². The average Bonchev–Trinajstić information content (AvgIpc) is 2.19. The average molecular weight is 143 g/mol. The van der Waals surface area contributed by atoms with Crippen molar-refractivity contribution in [3.8, 4) is 0 Å². The Bertz CT molecular complexity index is 110. The fourth-order valence-electron chi connectivity index (χ4n) is 2.42. The Labute approximate surface area is 61.2 Å². The van der Waals surface area contributed by atoms with Gasteiger partial charge in [-0.05, 0) is 25.7 Å². The first-order chi connectivity index (χ1) is 4.92. The molecule has 2 aliphatic rings. The zero-order valence-electron chi connectivity index (χ0n) is 6.22. The van der Waals surface area contributed by atoms with Gasteiger partial charge in [-0.25, -0.2) is 4.39 Å². The van der Waals surface area contributed by atoms with E-state index >= 15 is 0 Å². The van der Waals surface area contributed by atoms with Gasteiger partial charge in [0.15, 0.2) is 0 Å². The maximum Gasteiger partial charge on any atom is 0.143 e. The van der Waals surface area contributed by atoms with E-state index in [0.717, 1.165) is 0 Å². The van der Waals surface area contributed by atoms with E-state index in [4.69, 9.17) is 0 Å². The van der Waals surface area contributed by atoms with Crippen molar-refractivity contribution in [2.75, 3.05) is 6.80 Å². The van der Waals surface area contributed by atoms with Gasteiger partial charge in [0, 0.05) is 12.1 Å². The molecule has 10 heavy (non-hydrogen) atoms. The summed E-state index contributed by atoms with van der Waals surface area (Å²) in [5.41, 5.74) is 0. The van der Waals surface area contributed by atoms with Gasteiger partial charge in [-0.2, -0.15) is 0 Å². The zero-order valence-corrected chi connectivity index (χ0v) is 6.22. The van der Waals surface area contributed by atoms with E-state index < -0.39 is 0 Å². The predicted octanol–water partition coefficient (Wildman–Crippen LogP) is 1.93. The molecule has 2 bridgehead atoms. The van der Waals surface area contributed by atoms with Crippen LogP contribution in [0, 0.1) is 0 Å². The van der Waals surface area contributed by atoms with E-state index in [9.17, 15) is 4.39 Å². The normalized spacial score (nSPS) is 40.5. The first kappa shape index (κ1) is 6.59. The number of hydrogen-bond donors (Lipinski definition) is 0. The van der Waals surface area contributed by atoms with Gasteiger partial charge in [-0.3, -0.25) is 4.90 Å². The van der Waals surface area contributed by atoms with Crippen LogP contribution in [0.2, 0.25) is 0 Å². The van der Waals surface area contributed by atoms with Crippen molar-refractivity contribution in [2.45, 2.75) is 44.2 Å². The van der Waals surface area contributed by atoms with E-state index in [1.165, 1.54) is 32.1 Å². The van der Waals surface area contributed by atoms with Crippen molar-refractivity contribution in [3.63, 3.8) is 0 Å². The number of nitrogens with zero attached hydrogens (tertiary/aromatic N) is 1. The van der Waals surface area contributed by atoms with E-state index in [-0.39, 0.29) is 6.80 Å². The molecule has 0 amide bonds. The van der Waals surface area contributed by atoms with Gasteiger partial charge in [0.1, 0.15) is 6.80 Å². The molecule has 0 radical (unpaired) electrons. The highest BCUT2D eigenvalue weighted by molar-refractivity contribution is 4.90. The van der Waals surface area contributed by atoms with E-state index in [1.54, 1.807) is 0 Å². The van der Waals surface area contributed by atoms with Crippen LogP contribution >= 0.6 is 0 Å². The number of alkyl halides is 1. The number of hydrogen-bond acceptors (Lipinski definition) is 1. The number of fused-ring (bicyclic) bond motifs is 2. The number of piperidine rings is 1. The third-order valence-electron chi connectivity index (χ3n) is 2.98. The molecule has 0 aromatic rings. The molecule has 2 aliphatic heterocycles. The summed E-state index contributed by atoms with van der Waals surface area (Å²) in [6.07, 6.45) is 6.29. The van der Waals surface area contributed by atoms with Crippen molar-refractivity contribution in [1.29, 1.82) is 0 Å². The molecule has 2 atom stereocenters.